The number of para-hydroxylation sites is 1. The van der Waals surface area contributed by atoms with Crippen LogP contribution in [0.3, 0.4) is 0 Å². The molecule has 2 aliphatic rings. The Morgan fingerprint density at radius 1 is 1.36 bits per heavy atom. The summed E-state index contributed by atoms with van der Waals surface area (Å²) in [5.74, 6) is -0.371. The fourth-order valence-electron chi connectivity index (χ4n) is 2.89. The molecule has 1 aromatic carbocycles. The van der Waals surface area contributed by atoms with Crippen molar-refractivity contribution in [3.63, 3.8) is 0 Å². The molecule has 1 N–H and O–H groups in total. The van der Waals surface area contributed by atoms with Gasteiger partial charge in [0.15, 0.2) is 6.10 Å². The van der Waals surface area contributed by atoms with E-state index in [2.05, 4.69) is 5.32 Å². The van der Waals surface area contributed by atoms with E-state index in [4.69, 9.17) is 4.74 Å². The Morgan fingerprint density at radius 2 is 2.18 bits per heavy atom. The normalized spacial score (nSPS) is 22.0. The molecule has 0 unspecified atom stereocenters. The zero-order valence-electron chi connectivity index (χ0n) is 11.9. The highest BCUT2D eigenvalue weighted by atomic mass is 19.4. The lowest BCUT2D eigenvalue weighted by atomic mass is 9.98. The number of rotatable bonds is 1. The van der Waals surface area contributed by atoms with E-state index in [-0.39, 0.29) is 19.1 Å². The van der Waals surface area contributed by atoms with E-state index in [9.17, 15) is 18.0 Å². The average molecular weight is 314 g/mol. The van der Waals surface area contributed by atoms with Crippen LogP contribution in [-0.4, -0.2) is 49.3 Å². The molecule has 1 amide bonds. The molecule has 0 radical (unpaired) electrons. The van der Waals surface area contributed by atoms with Gasteiger partial charge in [-0.15, -0.1) is 0 Å². The molecule has 7 heteroatoms. The number of nitrogens with zero attached hydrogens (tertiary/aromatic N) is 1. The van der Waals surface area contributed by atoms with Gasteiger partial charge in [0.2, 0.25) is 0 Å². The fourth-order valence-corrected chi connectivity index (χ4v) is 2.89. The Bertz CT molecular complexity index is 574. The van der Waals surface area contributed by atoms with Gasteiger partial charge in [0.1, 0.15) is 0 Å². The molecule has 0 spiro atoms. The number of benzene rings is 1. The number of anilines is 1. The molecule has 2 heterocycles. The Kier molecular flexibility index (Phi) is 3.99. The van der Waals surface area contributed by atoms with Crippen molar-refractivity contribution in [1.29, 1.82) is 0 Å². The summed E-state index contributed by atoms with van der Waals surface area (Å²) in [5.41, 5.74) is 2.24. The summed E-state index contributed by atoms with van der Waals surface area (Å²) >= 11 is 0. The van der Waals surface area contributed by atoms with Gasteiger partial charge in [0.25, 0.3) is 5.91 Å². The number of carbonyl (C=O) groups is 1. The minimum absolute atomic E-state index is 0.0988. The second-order valence-electron chi connectivity index (χ2n) is 5.52. The zero-order chi connectivity index (χ0) is 15.7. The topological polar surface area (TPSA) is 41.6 Å². The van der Waals surface area contributed by atoms with Crippen molar-refractivity contribution in [2.45, 2.75) is 25.1 Å². The highest BCUT2D eigenvalue weighted by Gasteiger charge is 2.44. The van der Waals surface area contributed by atoms with Gasteiger partial charge in [-0.25, -0.2) is 0 Å². The summed E-state index contributed by atoms with van der Waals surface area (Å²) in [4.78, 5) is 13.8. The van der Waals surface area contributed by atoms with Crippen molar-refractivity contribution in [3.8, 4) is 0 Å². The molecule has 0 aromatic heterocycles. The van der Waals surface area contributed by atoms with Crippen molar-refractivity contribution in [2.24, 2.45) is 0 Å². The predicted octanol–water partition coefficient (Wildman–Crippen LogP) is 2.45. The first kappa shape index (κ1) is 15.1. The predicted molar refractivity (Wildman–Crippen MR) is 75.0 cm³/mol. The molecule has 4 nitrogen and oxygen atoms in total. The number of carbonyl (C=O) groups excluding carboxylic acids is 1. The van der Waals surface area contributed by atoms with Gasteiger partial charge in [-0.1, -0.05) is 12.1 Å². The van der Waals surface area contributed by atoms with E-state index < -0.39 is 18.8 Å². The first-order chi connectivity index (χ1) is 10.5. The van der Waals surface area contributed by atoms with E-state index in [1.165, 1.54) is 4.90 Å². The number of halogens is 3. The molecule has 0 bridgehead atoms. The number of hydrogen-bond donors (Lipinski definition) is 1. The smallest absolute Gasteiger partial charge is 0.384 e. The van der Waals surface area contributed by atoms with Crippen molar-refractivity contribution < 1.29 is 22.7 Å². The largest absolute Gasteiger partial charge is 0.416 e. The van der Waals surface area contributed by atoms with Crippen LogP contribution in [0.5, 0.6) is 0 Å². The van der Waals surface area contributed by atoms with Crippen LogP contribution in [0.25, 0.3) is 0 Å². The van der Waals surface area contributed by atoms with Crippen LogP contribution in [0.2, 0.25) is 0 Å². The quantitative estimate of drug-likeness (QED) is 0.866. The van der Waals surface area contributed by atoms with Crippen LogP contribution in [0.4, 0.5) is 18.9 Å². The fraction of sp³-hybridized carbons (Fsp3) is 0.533. The third-order valence-corrected chi connectivity index (χ3v) is 4.02. The maximum Gasteiger partial charge on any atom is 0.416 e. The van der Waals surface area contributed by atoms with Gasteiger partial charge in [0.05, 0.1) is 24.4 Å². The summed E-state index contributed by atoms with van der Waals surface area (Å²) in [5, 5.41) is 3.19. The minimum atomic E-state index is -4.45. The molecule has 3 rings (SSSR count). The number of ether oxygens (including phenoxy) is 1. The maximum atomic E-state index is 12.8. The Labute approximate surface area is 126 Å². The number of amides is 1. The second kappa shape index (κ2) is 5.79. The zero-order valence-corrected chi connectivity index (χ0v) is 11.9. The molecular formula is C15H17F3N2O2. The number of morpholine rings is 1. The summed E-state index contributed by atoms with van der Waals surface area (Å²) < 4.78 is 43.1. The Hall–Kier alpha value is -1.76. The van der Waals surface area contributed by atoms with Crippen LogP contribution in [0.1, 0.15) is 22.3 Å². The minimum Gasteiger partial charge on any atom is -0.384 e. The van der Waals surface area contributed by atoms with E-state index in [1.807, 2.05) is 6.07 Å². The van der Waals surface area contributed by atoms with Gasteiger partial charge >= 0.3 is 6.18 Å². The molecule has 1 saturated heterocycles. The van der Waals surface area contributed by atoms with Gasteiger partial charge < -0.3 is 15.0 Å². The molecular weight excluding hydrogens is 297 g/mol. The number of fused-ring (bicyclic) bond motifs is 1. The third-order valence-electron chi connectivity index (χ3n) is 4.02. The molecule has 1 fully saturated rings. The van der Waals surface area contributed by atoms with Crippen LogP contribution in [0, 0.1) is 0 Å². The van der Waals surface area contributed by atoms with Gasteiger partial charge in [-0.05, 0) is 24.5 Å². The van der Waals surface area contributed by atoms with Crippen molar-refractivity contribution in [1.82, 2.24) is 4.90 Å². The summed E-state index contributed by atoms with van der Waals surface area (Å²) in [6.45, 7) is 0.394. The average Bonchev–Trinajstić information content (AvgIpc) is 2.53. The van der Waals surface area contributed by atoms with E-state index in [0.717, 1.165) is 30.6 Å². The van der Waals surface area contributed by atoms with Crippen LogP contribution < -0.4 is 5.32 Å². The van der Waals surface area contributed by atoms with Crippen LogP contribution >= 0.6 is 0 Å². The molecule has 2 aliphatic heterocycles. The molecule has 22 heavy (non-hydrogen) atoms. The molecule has 0 aliphatic carbocycles. The summed E-state index contributed by atoms with van der Waals surface area (Å²) in [7, 11) is 0. The third kappa shape index (κ3) is 2.90. The number of hydrogen-bond acceptors (Lipinski definition) is 3. The first-order valence-electron chi connectivity index (χ1n) is 7.30. The molecule has 120 valence electrons. The highest BCUT2D eigenvalue weighted by molar-refractivity contribution is 6.00. The van der Waals surface area contributed by atoms with Gasteiger partial charge in [-0.2, -0.15) is 13.2 Å². The standard InChI is InChI=1S/C15H17F3N2O2/c16-15(17,18)12-9-20(7-8-22-12)14(21)11-5-1-3-10-4-2-6-19-13(10)11/h1,3,5,12,19H,2,4,6-9H2/t12-/m1/s1. The van der Waals surface area contributed by atoms with Crippen molar-refractivity contribution in [3.05, 3.63) is 29.3 Å². The lowest BCUT2D eigenvalue weighted by Gasteiger charge is -2.34. The van der Waals surface area contributed by atoms with Gasteiger partial charge in [0, 0.05) is 13.1 Å². The highest BCUT2D eigenvalue weighted by Crippen LogP contribution is 2.29. The number of alkyl halides is 3. The Morgan fingerprint density at radius 3 is 2.95 bits per heavy atom. The number of aryl methyl sites for hydroxylation is 1. The first-order valence-corrected chi connectivity index (χ1v) is 7.30. The van der Waals surface area contributed by atoms with E-state index in [0.29, 0.717) is 5.56 Å². The van der Waals surface area contributed by atoms with E-state index in [1.54, 1.807) is 12.1 Å². The lowest BCUT2D eigenvalue weighted by molar-refractivity contribution is -0.233. The molecule has 1 atom stereocenters. The van der Waals surface area contributed by atoms with E-state index >= 15 is 0 Å². The summed E-state index contributed by atoms with van der Waals surface area (Å²) in [6, 6.07) is 5.38. The molecule has 1 aromatic rings. The van der Waals surface area contributed by atoms with Crippen molar-refractivity contribution in [2.75, 3.05) is 31.6 Å². The Balaban J connectivity index is 1.82. The monoisotopic (exact) mass is 314 g/mol. The lowest BCUT2D eigenvalue weighted by Crippen LogP contribution is -2.51. The van der Waals surface area contributed by atoms with Crippen LogP contribution in [0.15, 0.2) is 18.2 Å². The SMILES string of the molecule is O=C(c1cccc2c1NCCC2)N1CCO[C@@H](C(F)(F)F)C1. The summed E-state index contributed by atoms with van der Waals surface area (Å²) in [6.07, 6.45) is -4.50. The molecule has 0 saturated carbocycles. The van der Waals surface area contributed by atoms with Crippen molar-refractivity contribution >= 4 is 11.6 Å². The van der Waals surface area contributed by atoms with Gasteiger partial charge in [-0.3, -0.25) is 4.79 Å². The van der Waals surface area contributed by atoms with Crippen LogP contribution in [-0.2, 0) is 11.2 Å². The number of nitrogens with one attached hydrogen (secondary N) is 1. The maximum absolute atomic E-state index is 12.8. The second-order valence-corrected chi connectivity index (χ2v) is 5.52.